The second-order valence-electron chi connectivity index (χ2n) is 4.12. The quantitative estimate of drug-likeness (QED) is 0.283. The molecule has 0 rings (SSSR count). The molecule has 0 saturated heterocycles. The van der Waals surface area contributed by atoms with E-state index in [-0.39, 0.29) is 40.9 Å². The van der Waals surface area contributed by atoms with Crippen molar-refractivity contribution in [3.8, 4) is 0 Å². The van der Waals surface area contributed by atoms with Crippen LogP contribution in [0.3, 0.4) is 0 Å². The molecule has 0 aliphatic rings. The van der Waals surface area contributed by atoms with Crippen LogP contribution in [-0.2, 0) is 14.9 Å². The van der Waals surface area contributed by atoms with Crippen LogP contribution in [0.2, 0.25) is 0 Å². The minimum Gasteiger partial charge on any atom is -0.748 e. The Bertz CT molecular complexity index is 326. The topological polar surface area (TPSA) is 94.5 Å². The summed E-state index contributed by atoms with van der Waals surface area (Å²) in [7, 11) is -3.97. The van der Waals surface area contributed by atoms with Gasteiger partial charge in [-0.1, -0.05) is 45.6 Å². The van der Waals surface area contributed by atoms with Gasteiger partial charge in [-0.05, 0) is 13.3 Å². The van der Waals surface area contributed by atoms with Gasteiger partial charge >= 0.3 is 35.5 Å². The van der Waals surface area contributed by atoms with Gasteiger partial charge in [-0.2, -0.15) is 0 Å². The van der Waals surface area contributed by atoms with Crippen LogP contribution in [0.15, 0.2) is 12.2 Å². The molecule has 0 fully saturated rings. The van der Waals surface area contributed by atoms with Gasteiger partial charge in [0, 0.05) is 11.3 Å². The first-order valence-corrected chi connectivity index (χ1v) is 7.60. The van der Waals surface area contributed by atoms with Gasteiger partial charge in [0.15, 0.2) is 0 Å². The Morgan fingerprint density at radius 1 is 1.16 bits per heavy atom. The van der Waals surface area contributed by atoms with E-state index in [4.69, 9.17) is 5.11 Å². The summed E-state index contributed by atoms with van der Waals surface area (Å²) in [4.78, 5) is 9.60. The Morgan fingerprint density at radius 3 is 1.84 bits per heavy atom. The van der Waals surface area contributed by atoms with Gasteiger partial charge < -0.3 is 9.66 Å². The second kappa shape index (κ2) is 14.5. The fourth-order valence-corrected chi connectivity index (χ4v) is 1.62. The third kappa shape index (κ3) is 27.4. The smallest absolute Gasteiger partial charge is 0.748 e. The number of hydrogen-bond acceptors (Lipinski definition) is 4. The Hall–Kier alpha value is 0.120. The van der Waals surface area contributed by atoms with Crippen molar-refractivity contribution in [2.24, 2.45) is 0 Å². The van der Waals surface area contributed by atoms with Gasteiger partial charge in [0.05, 0.1) is 10.1 Å². The summed E-state index contributed by atoms with van der Waals surface area (Å²) in [5, 5.41) is 7.89. The average Bonchev–Trinajstić information content (AvgIpc) is 2.22. The van der Waals surface area contributed by atoms with Crippen molar-refractivity contribution in [2.45, 2.75) is 52.4 Å². The third-order valence-corrected chi connectivity index (χ3v) is 2.90. The van der Waals surface area contributed by atoms with Crippen LogP contribution in [0.1, 0.15) is 52.4 Å². The van der Waals surface area contributed by atoms with Crippen LogP contribution < -0.4 is 29.6 Å². The summed E-state index contributed by atoms with van der Waals surface area (Å²) in [6.45, 7) is 6.73. The van der Waals surface area contributed by atoms with Crippen molar-refractivity contribution < 1.29 is 52.4 Å². The molecule has 0 saturated carbocycles. The molecule has 0 amide bonds. The molecule has 0 atom stereocenters. The fraction of sp³-hybridized carbons (Fsp3) is 0.750. The molecule has 0 aliphatic carbocycles. The van der Waals surface area contributed by atoms with Gasteiger partial charge in [-0.3, -0.25) is 0 Å². The van der Waals surface area contributed by atoms with E-state index in [0.29, 0.717) is 6.42 Å². The molecule has 0 unspecified atom stereocenters. The van der Waals surface area contributed by atoms with Crippen LogP contribution >= 0.6 is 0 Å². The Labute approximate surface area is 138 Å². The summed E-state index contributed by atoms with van der Waals surface area (Å²) in [6, 6.07) is 0. The number of aliphatic carboxylic acids is 1. The van der Waals surface area contributed by atoms with Crippen LogP contribution in [0.5, 0.6) is 0 Å². The Balaban J connectivity index is -0.000000313. The van der Waals surface area contributed by atoms with Gasteiger partial charge in [-0.15, -0.1) is 0 Å². The first-order chi connectivity index (χ1) is 8.20. The molecule has 108 valence electrons. The molecule has 0 aliphatic heterocycles. The van der Waals surface area contributed by atoms with E-state index in [2.05, 4.69) is 13.5 Å². The summed E-state index contributed by atoms with van der Waals surface area (Å²) < 4.78 is 30.5. The van der Waals surface area contributed by atoms with E-state index in [1.165, 1.54) is 19.8 Å². The maximum Gasteiger partial charge on any atom is 1.00 e. The molecule has 0 spiro atoms. The zero-order chi connectivity index (χ0) is 14.6. The third-order valence-electron chi connectivity index (χ3n) is 2.11. The number of hydrogen-bond donors (Lipinski definition) is 1. The molecule has 0 aromatic rings. The monoisotopic (exact) mass is 302 g/mol. The Kier molecular flexibility index (Phi) is 18.5. The maximum atomic E-state index is 10.2. The molecular weight excluding hydrogens is 279 g/mol. The number of carboxylic acid groups (broad SMARTS) is 1. The summed E-state index contributed by atoms with van der Waals surface area (Å²) >= 11 is 0. The second-order valence-corrected chi connectivity index (χ2v) is 5.64. The standard InChI is InChI=1S/C8H18O3S.C4H6O2.Na/c1-2-3-4-5-6-7-8-12(9,10)11;1-3(2)4(5)6;/h2-8H2,1H3,(H,9,10,11);1H2,2H3,(H,5,6);/q;;+1/p-1. The van der Waals surface area contributed by atoms with Crippen LogP contribution in [0.4, 0.5) is 0 Å². The van der Waals surface area contributed by atoms with Gasteiger partial charge in [0.2, 0.25) is 0 Å². The zero-order valence-electron chi connectivity index (χ0n) is 12.1. The minimum atomic E-state index is -3.97. The van der Waals surface area contributed by atoms with E-state index in [1.807, 2.05) is 0 Å². The van der Waals surface area contributed by atoms with Gasteiger partial charge in [0.1, 0.15) is 0 Å². The molecule has 0 aromatic carbocycles. The van der Waals surface area contributed by atoms with E-state index in [1.54, 1.807) is 0 Å². The Morgan fingerprint density at radius 2 is 1.53 bits per heavy atom. The zero-order valence-corrected chi connectivity index (χ0v) is 15.0. The van der Waals surface area contributed by atoms with Crippen molar-refractivity contribution in [2.75, 3.05) is 5.75 Å². The molecule has 0 bridgehead atoms. The largest absolute Gasteiger partial charge is 1.00 e. The predicted molar refractivity (Wildman–Crippen MR) is 70.4 cm³/mol. The fourth-order valence-electron chi connectivity index (χ4n) is 1.06. The number of carboxylic acids is 1. The summed E-state index contributed by atoms with van der Waals surface area (Å²) in [5.41, 5.74) is 0.176. The molecule has 0 aromatic heterocycles. The van der Waals surface area contributed by atoms with E-state index >= 15 is 0 Å². The van der Waals surface area contributed by atoms with Crippen LogP contribution in [0.25, 0.3) is 0 Å². The molecule has 1 N–H and O–H groups in total. The number of rotatable bonds is 8. The van der Waals surface area contributed by atoms with E-state index in [9.17, 15) is 17.8 Å². The molecule has 0 radical (unpaired) electrons. The SMILES string of the molecule is C=C(C)C(=O)O.CCCCCCCCS(=O)(=O)[O-].[Na+]. The minimum absolute atomic E-state index is 0. The van der Waals surface area contributed by atoms with Crippen molar-refractivity contribution >= 4 is 16.1 Å². The molecule has 19 heavy (non-hydrogen) atoms. The summed E-state index contributed by atoms with van der Waals surface area (Å²) in [6.07, 6.45) is 5.96. The first-order valence-electron chi connectivity index (χ1n) is 6.03. The normalized spacial score (nSPS) is 9.84. The van der Waals surface area contributed by atoms with E-state index in [0.717, 1.165) is 19.3 Å². The van der Waals surface area contributed by atoms with E-state index < -0.39 is 16.1 Å². The van der Waals surface area contributed by atoms with Gasteiger partial charge in [0.25, 0.3) is 0 Å². The van der Waals surface area contributed by atoms with Crippen molar-refractivity contribution in [1.29, 1.82) is 0 Å². The van der Waals surface area contributed by atoms with Gasteiger partial charge in [-0.25, -0.2) is 13.2 Å². The van der Waals surface area contributed by atoms with Crippen LogP contribution in [-0.4, -0.2) is 29.8 Å². The van der Waals surface area contributed by atoms with Crippen molar-refractivity contribution in [1.82, 2.24) is 0 Å². The maximum absolute atomic E-state index is 10.2. The number of carbonyl (C=O) groups is 1. The molecule has 5 nitrogen and oxygen atoms in total. The average molecular weight is 302 g/mol. The predicted octanol–water partition coefficient (Wildman–Crippen LogP) is -0.457. The molecule has 7 heteroatoms. The molecule has 0 heterocycles. The number of unbranched alkanes of at least 4 members (excludes halogenated alkanes) is 5. The van der Waals surface area contributed by atoms with Crippen LogP contribution in [0, 0.1) is 0 Å². The van der Waals surface area contributed by atoms with Crippen molar-refractivity contribution in [3.63, 3.8) is 0 Å². The van der Waals surface area contributed by atoms with Crippen molar-refractivity contribution in [3.05, 3.63) is 12.2 Å². The first kappa shape index (κ1) is 24.2. The summed E-state index contributed by atoms with van der Waals surface area (Å²) in [5.74, 6) is -1.13. The molecular formula is C12H23NaO5S.